The zero-order valence-corrected chi connectivity index (χ0v) is 7.99. The Morgan fingerprint density at radius 2 is 2.09 bits per heavy atom. The first-order valence-electron chi connectivity index (χ1n) is 3.54. The SMILES string of the molecule is CC(=O)OCCCCC(Cl)Cl. The third-order valence-electron chi connectivity index (χ3n) is 1.12. The monoisotopic (exact) mass is 198 g/mol. The van der Waals surface area contributed by atoms with Gasteiger partial charge in [0.1, 0.15) is 4.84 Å². The fourth-order valence-corrected chi connectivity index (χ4v) is 0.925. The van der Waals surface area contributed by atoms with Crippen LogP contribution < -0.4 is 0 Å². The van der Waals surface area contributed by atoms with Crippen LogP contribution in [-0.2, 0) is 9.53 Å². The largest absolute Gasteiger partial charge is 0.466 e. The van der Waals surface area contributed by atoms with Crippen molar-refractivity contribution >= 4 is 29.2 Å². The highest BCUT2D eigenvalue weighted by Crippen LogP contribution is 2.10. The summed E-state index contributed by atoms with van der Waals surface area (Å²) in [6, 6.07) is 0. The molecule has 0 aliphatic heterocycles. The molecule has 0 N–H and O–H groups in total. The van der Waals surface area contributed by atoms with Crippen molar-refractivity contribution in [1.29, 1.82) is 0 Å². The van der Waals surface area contributed by atoms with Crippen molar-refractivity contribution in [2.45, 2.75) is 31.0 Å². The highest BCUT2D eigenvalue weighted by atomic mass is 35.5. The van der Waals surface area contributed by atoms with E-state index >= 15 is 0 Å². The van der Waals surface area contributed by atoms with Gasteiger partial charge < -0.3 is 4.74 Å². The summed E-state index contributed by atoms with van der Waals surface area (Å²) in [5.74, 6) is -0.238. The van der Waals surface area contributed by atoms with E-state index in [1.807, 2.05) is 0 Å². The molecule has 0 heterocycles. The standard InChI is InChI=1S/C7H12Cl2O2/c1-6(10)11-5-3-2-4-7(8)9/h7H,2-5H2,1H3. The predicted octanol–water partition coefficient (Wildman–Crippen LogP) is 2.52. The Hall–Kier alpha value is 0.0500. The van der Waals surface area contributed by atoms with E-state index in [1.54, 1.807) is 0 Å². The molecule has 0 amide bonds. The molecule has 0 fully saturated rings. The van der Waals surface area contributed by atoms with Crippen molar-refractivity contribution in [2.24, 2.45) is 0 Å². The number of carbonyl (C=O) groups is 1. The van der Waals surface area contributed by atoms with Gasteiger partial charge in [-0.15, -0.1) is 23.2 Å². The topological polar surface area (TPSA) is 26.3 Å². The van der Waals surface area contributed by atoms with Crippen molar-refractivity contribution < 1.29 is 9.53 Å². The molecule has 2 nitrogen and oxygen atoms in total. The second-order valence-corrected chi connectivity index (χ2v) is 3.50. The van der Waals surface area contributed by atoms with Crippen LogP contribution in [0.15, 0.2) is 0 Å². The number of alkyl halides is 2. The number of ether oxygens (including phenoxy) is 1. The summed E-state index contributed by atoms with van der Waals surface area (Å²) in [6.07, 6.45) is 2.48. The molecule has 4 heteroatoms. The van der Waals surface area contributed by atoms with Crippen LogP contribution in [-0.4, -0.2) is 17.4 Å². The molecule has 11 heavy (non-hydrogen) atoms. The van der Waals surface area contributed by atoms with Gasteiger partial charge in [0.05, 0.1) is 6.61 Å². The molecular formula is C7H12Cl2O2. The minimum atomic E-state index is -0.299. The molecule has 0 spiro atoms. The van der Waals surface area contributed by atoms with Gasteiger partial charge in [-0.2, -0.15) is 0 Å². The van der Waals surface area contributed by atoms with Crippen molar-refractivity contribution in [3.63, 3.8) is 0 Å². The van der Waals surface area contributed by atoms with Crippen molar-refractivity contribution in [1.82, 2.24) is 0 Å². The van der Waals surface area contributed by atoms with Gasteiger partial charge in [-0.25, -0.2) is 0 Å². The Morgan fingerprint density at radius 3 is 2.55 bits per heavy atom. The van der Waals surface area contributed by atoms with E-state index < -0.39 is 0 Å². The predicted molar refractivity (Wildman–Crippen MR) is 46.0 cm³/mol. The number of carbonyl (C=O) groups excluding carboxylic acids is 1. The van der Waals surface area contributed by atoms with Crippen LogP contribution in [0.5, 0.6) is 0 Å². The normalized spacial score (nSPS) is 10.2. The van der Waals surface area contributed by atoms with Gasteiger partial charge in [0.15, 0.2) is 0 Å². The van der Waals surface area contributed by atoms with Crippen molar-refractivity contribution in [2.75, 3.05) is 6.61 Å². The number of hydrogen-bond donors (Lipinski definition) is 0. The molecule has 0 saturated heterocycles. The molecule has 0 saturated carbocycles. The van der Waals surface area contributed by atoms with E-state index in [0.717, 1.165) is 19.3 Å². The lowest BCUT2D eigenvalue weighted by atomic mass is 10.3. The number of rotatable bonds is 5. The summed E-state index contributed by atoms with van der Waals surface area (Å²) in [4.78, 5) is 9.97. The average Bonchev–Trinajstić information content (AvgIpc) is 1.85. The highest BCUT2D eigenvalue weighted by Gasteiger charge is 1.98. The summed E-state index contributed by atoms with van der Waals surface area (Å²) in [7, 11) is 0. The van der Waals surface area contributed by atoms with Gasteiger partial charge in [0.25, 0.3) is 0 Å². The Kier molecular flexibility index (Phi) is 6.77. The lowest BCUT2D eigenvalue weighted by Crippen LogP contribution is -2.00. The third-order valence-corrected chi connectivity index (χ3v) is 1.56. The molecule has 0 rings (SSSR count). The van der Waals surface area contributed by atoms with Gasteiger partial charge in [-0.1, -0.05) is 0 Å². The first kappa shape index (κ1) is 11.1. The molecule has 66 valence electrons. The molecule has 0 aromatic heterocycles. The molecule has 0 aliphatic carbocycles. The van der Waals surface area contributed by atoms with Gasteiger partial charge in [-0.3, -0.25) is 4.79 Å². The van der Waals surface area contributed by atoms with Crippen LogP contribution in [0.2, 0.25) is 0 Å². The Labute approximate surface area is 76.8 Å². The number of unbranched alkanes of at least 4 members (excludes halogenated alkanes) is 1. The maximum absolute atomic E-state index is 10.3. The highest BCUT2D eigenvalue weighted by molar-refractivity contribution is 6.44. The Bertz CT molecular complexity index is 115. The summed E-state index contributed by atoms with van der Waals surface area (Å²) < 4.78 is 4.70. The molecule has 0 bridgehead atoms. The van der Waals surface area contributed by atoms with Gasteiger partial charge >= 0.3 is 5.97 Å². The van der Waals surface area contributed by atoms with Crippen LogP contribution in [0.4, 0.5) is 0 Å². The van der Waals surface area contributed by atoms with Crippen LogP contribution >= 0.6 is 23.2 Å². The van der Waals surface area contributed by atoms with Gasteiger partial charge in [0.2, 0.25) is 0 Å². The fourth-order valence-electron chi connectivity index (χ4n) is 0.617. The number of halogens is 2. The number of esters is 1. The first-order chi connectivity index (χ1) is 5.13. The fraction of sp³-hybridized carbons (Fsp3) is 0.857. The molecule has 0 atom stereocenters. The van der Waals surface area contributed by atoms with E-state index in [4.69, 9.17) is 27.9 Å². The summed E-state index contributed by atoms with van der Waals surface area (Å²) >= 11 is 11.0. The van der Waals surface area contributed by atoms with Gasteiger partial charge in [-0.05, 0) is 19.3 Å². The van der Waals surface area contributed by atoms with E-state index in [9.17, 15) is 4.79 Å². The summed E-state index contributed by atoms with van der Waals surface area (Å²) in [5, 5.41) is 0. The molecular weight excluding hydrogens is 187 g/mol. The van der Waals surface area contributed by atoms with Crippen LogP contribution in [0.1, 0.15) is 26.2 Å². The van der Waals surface area contributed by atoms with Crippen molar-refractivity contribution in [3.8, 4) is 0 Å². The minimum Gasteiger partial charge on any atom is -0.466 e. The molecule has 0 unspecified atom stereocenters. The molecule has 0 aliphatic rings. The maximum Gasteiger partial charge on any atom is 0.302 e. The maximum atomic E-state index is 10.3. The zero-order valence-electron chi connectivity index (χ0n) is 6.48. The quantitative estimate of drug-likeness (QED) is 0.386. The van der Waals surface area contributed by atoms with E-state index in [0.29, 0.717) is 6.61 Å². The lowest BCUT2D eigenvalue weighted by Gasteiger charge is -2.01. The van der Waals surface area contributed by atoms with Gasteiger partial charge in [0, 0.05) is 6.92 Å². The van der Waals surface area contributed by atoms with Crippen LogP contribution in [0.25, 0.3) is 0 Å². The van der Waals surface area contributed by atoms with Crippen LogP contribution in [0, 0.1) is 0 Å². The number of hydrogen-bond acceptors (Lipinski definition) is 2. The Morgan fingerprint density at radius 1 is 1.45 bits per heavy atom. The molecule has 0 aromatic carbocycles. The van der Waals surface area contributed by atoms with E-state index in [2.05, 4.69) is 0 Å². The van der Waals surface area contributed by atoms with Crippen molar-refractivity contribution in [3.05, 3.63) is 0 Å². The summed E-state index contributed by atoms with van der Waals surface area (Å²) in [5.41, 5.74) is 0. The first-order valence-corrected chi connectivity index (χ1v) is 4.41. The molecule has 0 aromatic rings. The van der Waals surface area contributed by atoms with Crippen LogP contribution in [0.3, 0.4) is 0 Å². The molecule has 0 radical (unpaired) electrons. The van der Waals surface area contributed by atoms with E-state index in [1.165, 1.54) is 6.92 Å². The second-order valence-electron chi connectivity index (χ2n) is 2.23. The third kappa shape index (κ3) is 10.1. The summed E-state index contributed by atoms with van der Waals surface area (Å²) in [6.45, 7) is 1.86. The van der Waals surface area contributed by atoms with E-state index in [-0.39, 0.29) is 10.8 Å². The zero-order chi connectivity index (χ0) is 8.69. The lowest BCUT2D eigenvalue weighted by molar-refractivity contribution is -0.141. The minimum absolute atomic E-state index is 0.238. The average molecular weight is 199 g/mol. The Balaban J connectivity index is 2.97. The second kappa shape index (κ2) is 6.74. The smallest absolute Gasteiger partial charge is 0.302 e.